The largest absolute Gasteiger partial charge is 0.507 e. The molecule has 0 unspecified atom stereocenters. The van der Waals surface area contributed by atoms with E-state index in [1.807, 2.05) is 13.0 Å². The van der Waals surface area contributed by atoms with Gasteiger partial charge in [-0.25, -0.2) is 0 Å². The molecule has 0 amide bonds. The van der Waals surface area contributed by atoms with E-state index in [-0.39, 0.29) is 41.1 Å². The van der Waals surface area contributed by atoms with Crippen LogP contribution in [0.15, 0.2) is 41.0 Å². The topological polar surface area (TPSA) is 112 Å². The molecule has 1 aromatic rings. The first-order valence-corrected chi connectivity index (χ1v) is 14.5. The predicted octanol–water partition coefficient (Wildman–Crippen LogP) is 6.52. The molecule has 40 heavy (non-hydrogen) atoms. The summed E-state index contributed by atoms with van der Waals surface area (Å²) < 4.78 is 0. The van der Waals surface area contributed by atoms with Crippen molar-refractivity contribution in [2.45, 2.75) is 105 Å². The second kappa shape index (κ2) is 10.4. The molecule has 0 radical (unpaired) electrons. The van der Waals surface area contributed by atoms with Gasteiger partial charge in [0.2, 0.25) is 11.6 Å². The summed E-state index contributed by atoms with van der Waals surface area (Å²) in [7, 11) is 0. The van der Waals surface area contributed by atoms with Crippen LogP contribution in [0.2, 0.25) is 0 Å². The van der Waals surface area contributed by atoms with Crippen LogP contribution in [0, 0.1) is 16.7 Å². The Morgan fingerprint density at radius 2 is 1.73 bits per heavy atom. The number of hydrogen-bond acceptors (Lipinski definition) is 6. The van der Waals surface area contributed by atoms with E-state index in [1.165, 1.54) is 31.4 Å². The molecule has 0 spiro atoms. The van der Waals surface area contributed by atoms with Crippen molar-refractivity contribution in [3.8, 4) is 5.75 Å². The van der Waals surface area contributed by atoms with Gasteiger partial charge in [-0.2, -0.15) is 0 Å². The van der Waals surface area contributed by atoms with E-state index in [1.54, 1.807) is 13.8 Å². The first-order valence-electron chi connectivity index (χ1n) is 14.5. The number of allylic oxidation sites excluding steroid dienone is 2. The number of aliphatic hydroxyl groups is 2. The summed E-state index contributed by atoms with van der Waals surface area (Å²) in [5, 5.41) is 34.2. The fourth-order valence-electron chi connectivity index (χ4n) is 7.69. The lowest BCUT2D eigenvalue weighted by Crippen LogP contribution is -2.67. The van der Waals surface area contributed by atoms with Gasteiger partial charge >= 0.3 is 0 Å². The monoisotopic (exact) mass is 548 g/mol. The summed E-state index contributed by atoms with van der Waals surface area (Å²) in [6, 6.07) is 3.40. The summed E-state index contributed by atoms with van der Waals surface area (Å²) in [5.41, 5.74) is -0.971. The van der Waals surface area contributed by atoms with Gasteiger partial charge in [-0.3, -0.25) is 14.4 Å². The number of phenolic OH excluding ortho intramolecular Hbond substituents is 1. The molecule has 0 aliphatic heterocycles. The second-order valence-corrected chi connectivity index (χ2v) is 13.4. The van der Waals surface area contributed by atoms with E-state index in [4.69, 9.17) is 0 Å². The maximum atomic E-state index is 14.1. The van der Waals surface area contributed by atoms with Crippen LogP contribution in [0.5, 0.6) is 5.75 Å². The summed E-state index contributed by atoms with van der Waals surface area (Å²) >= 11 is 0. The number of ketones is 3. The lowest BCUT2D eigenvalue weighted by atomic mass is 9.46. The predicted molar refractivity (Wildman–Crippen MR) is 156 cm³/mol. The molecule has 1 fully saturated rings. The standard InChI is InChI=1S/C34H44O6/c1-19(2)10-8-9-11-20(3)12-13-23-14-15-25(36)27-24(23)17-32(6)18-33(7)16-21(4)26(22(5)35)30(38)34(33,40)31(39)28(32)29(27)37/h14-15,19,36-37,40H,3,8-13,16-18H2,1-2,4-7H3/t32-,33+,34+/m1/s1. The van der Waals surface area contributed by atoms with E-state index in [0.717, 1.165) is 30.4 Å². The average molecular weight is 549 g/mol. The zero-order valence-electron chi connectivity index (χ0n) is 24.9. The number of aryl methyl sites for hydroxylation is 1. The van der Waals surface area contributed by atoms with Gasteiger partial charge in [-0.1, -0.05) is 64.3 Å². The molecule has 1 aromatic carbocycles. The van der Waals surface area contributed by atoms with Gasteiger partial charge < -0.3 is 15.3 Å². The Kier molecular flexibility index (Phi) is 7.83. The van der Waals surface area contributed by atoms with E-state index in [2.05, 4.69) is 20.4 Å². The van der Waals surface area contributed by atoms with Crippen molar-refractivity contribution < 1.29 is 29.7 Å². The number of Topliss-reactive ketones (excluding diaryl/α,β-unsaturated/α-hetero) is 3. The lowest BCUT2D eigenvalue weighted by Gasteiger charge is -2.56. The molecule has 0 aromatic heterocycles. The number of carbonyl (C=O) groups is 3. The van der Waals surface area contributed by atoms with E-state index < -0.39 is 33.8 Å². The third kappa shape index (κ3) is 4.68. The minimum Gasteiger partial charge on any atom is -0.507 e. The van der Waals surface area contributed by atoms with Crippen molar-refractivity contribution in [3.63, 3.8) is 0 Å². The van der Waals surface area contributed by atoms with Crippen molar-refractivity contribution in [1.82, 2.24) is 0 Å². The van der Waals surface area contributed by atoms with E-state index in [9.17, 15) is 29.7 Å². The van der Waals surface area contributed by atoms with Crippen molar-refractivity contribution in [1.29, 1.82) is 0 Å². The van der Waals surface area contributed by atoms with E-state index in [0.29, 0.717) is 24.3 Å². The van der Waals surface area contributed by atoms with Crippen LogP contribution < -0.4 is 0 Å². The first kappa shape index (κ1) is 30.0. The molecule has 0 heterocycles. The molecule has 0 bridgehead atoms. The molecule has 3 aliphatic carbocycles. The van der Waals surface area contributed by atoms with Crippen molar-refractivity contribution in [3.05, 3.63) is 57.7 Å². The molecule has 216 valence electrons. The summed E-state index contributed by atoms with van der Waals surface area (Å²) in [6.45, 7) is 15.3. The molecule has 3 atom stereocenters. The zero-order valence-corrected chi connectivity index (χ0v) is 24.9. The van der Waals surface area contributed by atoms with Crippen LogP contribution in [0.3, 0.4) is 0 Å². The number of aromatic hydroxyl groups is 1. The Morgan fingerprint density at radius 1 is 1.05 bits per heavy atom. The normalized spacial score (nSPS) is 28.0. The molecule has 1 saturated carbocycles. The average Bonchev–Trinajstić information content (AvgIpc) is 2.83. The van der Waals surface area contributed by atoms with Gasteiger partial charge in [-0.05, 0) is 81.9 Å². The van der Waals surface area contributed by atoms with Gasteiger partial charge in [-0.15, -0.1) is 0 Å². The van der Waals surface area contributed by atoms with Gasteiger partial charge in [0.15, 0.2) is 11.4 Å². The summed E-state index contributed by atoms with van der Waals surface area (Å²) in [5.74, 6) is -2.11. The molecule has 3 N–H and O–H groups in total. The third-order valence-corrected chi connectivity index (χ3v) is 9.54. The molecule has 6 nitrogen and oxygen atoms in total. The Labute approximate surface area is 237 Å². The SMILES string of the molecule is C=C(CCCCC(C)C)CCc1ccc(O)c2c1C[C@]1(C)C[C@]3(C)CC(C)=C(C(C)=O)C(=O)[C@]3(O)C(=O)C1=C2O. The third-order valence-electron chi connectivity index (χ3n) is 9.54. The maximum absolute atomic E-state index is 14.1. The van der Waals surface area contributed by atoms with Crippen LogP contribution in [0.1, 0.15) is 103 Å². The van der Waals surface area contributed by atoms with Crippen LogP contribution in [0.4, 0.5) is 0 Å². The first-order chi connectivity index (χ1) is 18.6. The Morgan fingerprint density at radius 3 is 2.35 bits per heavy atom. The van der Waals surface area contributed by atoms with E-state index >= 15 is 0 Å². The quantitative estimate of drug-likeness (QED) is 0.140. The highest BCUT2D eigenvalue weighted by atomic mass is 16.3. The zero-order chi connectivity index (χ0) is 29.8. The van der Waals surface area contributed by atoms with Crippen LogP contribution in [0.25, 0.3) is 5.76 Å². The number of unbranched alkanes of at least 4 members (excludes halogenated alkanes) is 1. The van der Waals surface area contributed by atoms with Gasteiger partial charge in [0.25, 0.3) is 0 Å². The number of phenols is 1. The Balaban J connectivity index is 1.71. The molecular weight excluding hydrogens is 504 g/mol. The highest BCUT2D eigenvalue weighted by Gasteiger charge is 2.69. The van der Waals surface area contributed by atoms with Crippen LogP contribution in [-0.4, -0.2) is 38.3 Å². The number of benzene rings is 1. The van der Waals surface area contributed by atoms with Crippen LogP contribution >= 0.6 is 0 Å². The number of fused-ring (bicyclic) bond motifs is 3. The number of carbonyl (C=O) groups excluding carboxylic acids is 3. The fourth-order valence-corrected chi connectivity index (χ4v) is 7.69. The number of hydrogen-bond donors (Lipinski definition) is 3. The maximum Gasteiger partial charge on any atom is 0.206 e. The van der Waals surface area contributed by atoms with Crippen molar-refractivity contribution in [2.75, 3.05) is 0 Å². The summed E-state index contributed by atoms with van der Waals surface area (Å²) in [4.78, 5) is 40.0. The van der Waals surface area contributed by atoms with Gasteiger partial charge in [0, 0.05) is 16.4 Å². The highest BCUT2D eigenvalue weighted by molar-refractivity contribution is 6.33. The molecular formula is C34H44O6. The molecule has 4 rings (SSSR count). The summed E-state index contributed by atoms with van der Waals surface area (Å²) in [6.07, 6.45) is 6.79. The fraction of sp³-hybridized carbons (Fsp3) is 0.559. The lowest BCUT2D eigenvalue weighted by molar-refractivity contribution is -0.171. The molecule has 3 aliphatic rings. The molecule has 0 saturated heterocycles. The minimum absolute atomic E-state index is 0.0437. The molecule has 6 heteroatoms. The number of rotatable bonds is 9. The highest BCUT2D eigenvalue weighted by Crippen LogP contribution is 2.62. The Bertz CT molecular complexity index is 1360. The van der Waals surface area contributed by atoms with Crippen molar-refractivity contribution in [2.24, 2.45) is 16.7 Å². The van der Waals surface area contributed by atoms with Crippen molar-refractivity contribution >= 4 is 23.1 Å². The smallest absolute Gasteiger partial charge is 0.206 e. The second-order valence-electron chi connectivity index (χ2n) is 13.4. The van der Waals surface area contributed by atoms with Gasteiger partial charge in [0.1, 0.15) is 11.5 Å². The Hall–Kier alpha value is -2.99. The van der Waals surface area contributed by atoms with Gasteiger partial charge in [0.05, 0.1) is 11.1 Å². The number of aliphatic hydroxyl groups excluding tert-OH is 1. The van der Waals surface area contributed by atoms with Crippen LogP contribution in [-0.2, 0) is 27.2 Å². The minimum atomic E-state index is -2.46.